The summed E-state index contributed by atoms with van der Waals surface area (Å²) in [6.07, 6.45) is 2.18. The molecular formula is C7H15NOS. The molecule has 1 heterocycles. The molecule has 0 spiro atoms. The number of rotatable bonds is 3. The number of nitrogens with two attached hydrogens (primary N) is 1. The topological polar surface area (TPSA) is 35.2 Å². The second-order valence-corrected chi connectivity index (χ2v) is 3.83. The van der Waals surface area contributed by atoms with Gasteiger partial charge in [-0.15, -0.1) is 0 Å². The van der Waals surface area contributed by atoms with E-state index in [0.29, 0.717) is 0 Å². The lowest BCUT2D eigenvalue weighted by molar-refractivity contribution is 0.00791. The Morgan fingerprint density at radius 3 is 2.90 bits per heavy atom. The van der Waals surface area contributed by atoms with Gasteiger partial charge in [0.1, 0.15) is 0 Å². The number of thioether (sulfide) groups is 1. The Morgan fingerprint density at radius 1 is 1.70 bits per heavy atom. The van der Waals surface area contributed by atoms with Gasteiger partial charge in [0.25, 0.3) is 0 Å². The molecule has 1 aliphatic rings. The van der Waals surface area contributed by atoms with Crippen molar-refractivity contribution in [3.8, 4) is 0 Å². The minimum absolute atomic E-state index is 0.124. The maximum Gasteiger partial charge on any atom is 0.0788 e. The Balaban J connectivity index is 2.41. The first-order valence-electron chi connectivity index (χ1n) is 3.66. The molecule has 0 aromatic carbocycles. The van der Waals surface area contributed by atoms with Crippen LogP contribution >= 0.6 is 11.8 Å². The minimum atomic E-state index is 0.124. The smallest absolute Gasteiger partial charge is 0.0788 e. The van der Waals surface area contributed by atoms with Crippen molar-refractivity contribution >= 4 is 11.8 Å². The first kappa shape index (κ1) is 8.37. The Hall–Kier alpha value is 0.270. The van der Waals surface area contributed by atoms with E-state index >= 15 is 0 Å². The van der Waals surface area contributed by atoms with Gasteiger partial charge in [-0.25, -0.2) is 0 Å². The van der Waals surface area contributed by atoms with Gasteiger partial charge in [0.15, 0.2) is 0 Å². The van der Waals surface area contributed by atoms with E-state index in [9.17, 15) is 0 Å². The molecule has 1 aliphatic heterocycles. The van der Waals surface area contributed by atoms with E-state index in [-0.39, 0.29) is 5.60 Å². The van der Waals surface area contributed by atoms with Crippen molar-refractivity contribution in [3.63, 3.8) is 0 Å². The summed E-state index contributed by atoms with van der Waals surface area (Å²) in [7, 11) is 1.79. The zero-order chi connectivity index (χ0) is 7.45. The van der Waals surface area contributed by atoms with Gasteiger partial charge in [-0.05, 0) is 25.1 Å². The lowest BCUT2D eigenvalue weighted by Crippen LogP contribution is -2.33. The monoisotopic (exact) mass is 161 g/mol. The second kappa shape index (κ2) is 3.60. The van der Waals surface area contributed by atoms with E-state index < -0.39 is 0 Å². The largest absolute Gasteiger partial charge is 0.377 e. The second-order valence-electron chi connectivity index (χ2n) is 2.73. The molecule has 3 heteroatoms. The molecular weight excluding hydrogens is 146 g/mol. The van der Waals surface area contributed by atoms with E-state index in [1.165, 1.54) is 12.2 Å². The van der Waals surface area contributed by atoms with Crippen LogP contribution in [0.2, 0.25) is 0 Å². The molecule has 10 heavy (non-hydrogen) atoms. The van der Waals surface area contributed by atoms with Gasteiger partial charge >= 0.3 is 0 Å². The van der Waals surface area contributed by atoms with Crippen LogP contribution in [-0.2, 0) is 4.74 Å². The molecule has 1 saturated heterocycles. The van der Waals surface area contributed by atoms with Crippen molar-refractivity contribution in [3.05, 3.63) is 0 Å². The molecule has 0 aliphatic carbocycles. The van der Waals surface area contributed by atoms with Crippen molar-refractivity contribution in [2.24, 2.45) is 5.73 Å². The normalized spacial score (nSPS) is 33.0. The highest BCUT2D eigenvalue weighted by Crippen LogP contribution is 2.32. The van der Waals surface area contributed by atoms with E-state index in [1.54, 1.807) is 7.11 Å². The van der Waals surface area contributed by atoms with Crippen molar-refractivity contribution in [1.29, 1.82) is 0 Å². The molecule has 1 fully saturated rings. The van der Waals surface area contributed by atoms with Crippen LogP contribution in [0.4, 0.5) is 0 Å². The van der Waals surface area contributed by atoms with E-state index in [2.05, 4.69) is 0 Å². The quantitative estimate of drug-likeness (QED) is 0.666. The summed E-state index contributed by atoms with van der Waals surface area (Å²) in [5, 5.41) is 0. The Morgan fingerprint density at radius 2 is 2.50 bits per heavy atom. The molecule has 60 valence electrons. The standard InChI is InChI=1S/C7H15NOS/c1-9-7(2-4-8)3-5-10-6-7/h2-6,8H2,1H3. The molecule has 1 rings (SSSR count). The summed E-state index contributed by atoms with van der Waals surface area (Å²) in [6, 6.07) is 0. The average Bonchev–Trinajstić information content (AvgIpc) is 2.39. The van der Waals surface area contributed by atoms with Crippen molar-refractivity contribution in [2.75, 3.05) is 25.2 Å². The maximum atomic E-state index is 5.48. The van der Waals surface area contributed by atoms with Gasteiger partial charge in [0.05, 0.1) is 5.60 Å². The highest BCUT2D eigenvalue weighted by atomic mass is 32.2. The van der Waals surface area contributed by atoms with Gasteiger partial charge in [-0.3, -0.25) is 0 Å². The lowest BCUT2D eigenvalue weighted by Gasteiger charge is -2.25. The number of hydrogen-bond donors (Lipinski definition) is 1. The minimum Gasteiger partial charge on any atom is -0.377 e. The van der Waals surface area contributed by atoms with Gasteiger partial charge in [0, 0.05) is 12.9 Å². The molecule has 0 amide bonds. The average molecular weight is 161 g/mol. The fourth-order valence-corrected chi connectivity index (χ4v) is 2.75. The first-order valence-corrected chi connectivity index (χ1v) is 4.81. The van der Waals surface area contributed by atoms with Crippen LogP contribution in [0.3, 0.4) is 0 Å². The summed E-state index contributed by atoms with van der Waals surface area (Å²) >= 11 is 1.96. The molecule has 0 radical (unpaired) electrons. The van der Waals surface area contributed by atoms with Crippen LogP contribution in [0.15, 0.2) is 0 Å². The SMILES string of the molecule is COC1(CCN)CCSC1. The Labute approximate surface area is 66.5 Å². The van der Waals surface area contributed by atoms with Crippen LogP contribution < -0.4 is 5.73 Å². The van der Waals surface area contributed by atoms with E-state index in [0.717, 1.165) is 18.7 Å². The zero-order valence-electron chi connectivity index (χ0n) is 6.43. The molecule has 0 aromatic heterocycles. The molecule has 0 saturated carbocycles. The van der Waals surface area contributed by atoms with E-state index in [4.69, 9.17) is 10.5 Å². The number of hydrogen-bond acceptors (Lipinski definition) is 3. The third-order valence-electron chi connectivity index (χ3n) is 2.10. The van der Waals surface area contributed by atoms with Crippen LogP contribution in [-0.4, -0.2) is 30.8 Å². The van der Waals surface area contributed by atoms with Gasteiger partial charge < -0.3 is 10.5 Å². The summed E-state index contributed by atoms with van der Waals surface area (Å²) in [6.45, 7) is 0.744. The predicted octanol–water partition coefficient (Wildman–Crippen LogP) is 0.857. The third kappa shape index (κ3) is 1.65. The van der Waals surface area contributed by atoms with Crippen LogP contribution in [0.25, 0.3) is 0 Å². The maximum absolute atomic E-state index is 5.48. The highest BCUT2D eigenvalue weighted by molar-refractivity contribution is 7.99. The van der Waals surface area contributed by atoms with Crippen molar-refractivity contribution < 1.29 is 4.74 Å². The molecule has 1 unspecified atom stereocenters. The molecule has 1 atom stereocenters. The van der Waals surface area contributed by atoms with Crippen LogP contribution in [0, 0.1) is 0 Å². The van der Waals surface area contributed by atoms with Crippen molar-refractivity contribution in [2.45, 2.75) is 18.4 Å². The van der Waals surface area contributed by atoms with Gasteiger partial charge in [-0.1, -0.05) is 0 Å². The van der Waals surface area contributed by atoms with Gasteiger partial charge in [0.2, 0.25) is 0 Å². The molecule has 0 aromatic rings. The lowest BCUT2D eigenvalue weighted by atomic mass is 9.99. The Kier molecular flexibility index (Phi) is 3.01. The summed E-state index contributed by atoms with van der Waals surface area (Å²) < 4.78 is 5.44. The summed E-state index contributed by atoms with van der Waals surface area (Å²) in [4.78, 5) is 0. The predicted molar refractivity (Wildman–Crippen MR) is 45.4 cm³/mol. The fourth-order valence-electron chi connectivity index (χ4n) is 1.31. The van der Waals surface area contributed by atoms with Crippen molar-refractivity contribution in [1.82, 2.24) is 0 Å². The third-order valence-corrected chi connectivity index (χ3v) is 3.32. The molecule has 2 nitrogen and oxygen atoms in total. The summed E-state index contributed by atoms with van der Waals surface area (Å²) in [5.74, 6) is 2.36. The summed E-state index contributed by atoms with van der Waals surface area (Å²) in [5.41, 5.74) is 5.60. The van der Waals surface area contributed by atoms with Crippen LogP contribution in [0.1, 0.15) is 12.8 Å². The molecule has 2 N–H and O–H groups in total. The van der Waals surface area contributed by atoms with Crippen LogP contribution in [0.5, 0.6) is 0 Å². The zero-order valence-corrected chi connectivity index (χ0v) is 7.25. The number of methoxy groups -OCH3 is 1. The molecule has 0 bridgehead atoms. The first-order chi connectivity index (χ1) is 4.83. The van der Waals surface area contributed by atoms with Gasteiger partial charge in [-0.2, -0.15) is 11.8 Å². The highest BCUT2D eigenvalue weighted by Gasteiger charge is 2.32. The van der Waals surface area contributed by atoms with E-state index in [1.807, 2.05) is 11.8 Å². The fraction of sp³-hybridized carbons (Fsp3) is 1.00. The Bertz CT molecular complexity index is 102. The number of ether oxygens (including phenoxy) is 1.